The number of hydrogen-bond donors (Lipinski definition) is 1. The van der Waals surface area contributed by atoms with Crippen molar-refractivity contribution in [3.8, 4) is 5.75 Å². The quantitative estimate of drug-likeness (QED) is 0.814. The van der Waals surface area contributed by atoms with Gasteiger partial charge in [0.1, 0.15) is 24.0 Å². The number of halogens is 1. The summed E-state index contributed by atoms with van der Waals surface area (Å²) in [5.74, 6) is 0.519. The molecule has 1 N–H and O–H groups in total. The summed E-state index contributed by atoms with van der Waals surface area (Å²) in [6.07, 6.45) is 4.29. The summed E-state index contributed by atoms with van der Waals surface area (Å²) >= 11 is 0. The maximum Gasteiger partial charge on any atom is 0.227 e. The van der Waals surface area contributed by atoms with E-state index in [1.54, 1.807) is 12.1 Å². The molecule has 1 amide bonds. The van der Waals surface area contributed by atoms with Crippen LogP contribution in [0.2, 0.25) is 0 Å². The number of amides is 1. The van der Waals surface area contributed by atoms with E-state index in [1.807, 2.05) is 24.3 Å². The van der Waals surface area contributed by atoms with E-state index in [0.29, 0.717) is 30.1 Å². The van der Waals surface area contributed by atoms with Crippen molar-refractivity contribution >= 4 is 17.4 Å². The lowest BCUT2D eigenvalue weighted by Gasteiger charge is -2.36. The number of rotatable bonds is 5. The molecule has 2 bridgehead atoms. The van der Waals surface area contributed by atoms with Gasteiger partial charge in [-0.2, -0.15) is 0 Å². The number of ether oxygens (including phenoxy) is 1. The standard InChI is InChI=1S/C23H24FNO3/c24-19-7-3-9-21(13-19)28-14-15-4-1-8-20(10-15)25-23(27)18-11-16-5-2-6-17(12-18)22(16)26/h1,3-4,7-10,13,16-18H,2,5-6,11-12,14H2,(H,25,27). The first-order valence-corrected chi connectivity index (χ1v) is 9.90. The lowest BCUT2D eigenvalue weighted by Crippen LogP contribution is -2.40. The fourth-order valence-corrected chi connectivity index (χ4v) is 4.40. The van der Waals surface area contributed by atoms with Crippen LogP contribution >= 0.6 is 0 Å². The van der Waals surface area contributed by atoms with Gasteiger partial charge in [-0.1, -0.05) is 24.6 Å². The highest BCUT2D eigenvalue weighted by Crippen LogP contribution is 2.40. The van der Waals surface area contributed by atoms with Crippen LogP contribution in [-0.2, 0) is 16.2 Å². The Kier molecular flexibility index (Phi) is 5.42. The molecule has 4 nitrogen and oxygen atoms in total. The van der Waals surface area contributed by atoms with Crippen LogP contribution < -0.4 is 10.1 Å². The molecule has 0 heterocycles. The first-order chi connectivity index (χ1) is 13.6. The van der Waals surface area contributed by atoms with Crippen LogP contribution in [0.4, 0.5) is 10.1 Å². The number of nitrogens with one attached hydrogen (secondary N) is 1. The minimum atomic E-state index is -0.339. The van der Waals surface area contributed by atoms with E-state index in [4.69, 9.17) is 4.74 Å². The molecule has 2 aliphatic rings. The first kappa shape index (κ1) is 18.7. The zero-order chi connectivity index (χ0) is 19.5. The molecule has 0 saturated heterocycles. The van der Waals surface area contributed by atoms with Crippen LogP contribution in [0.3, 0.4) is 0 Å². The van der Waals surface area contributed by atoms with Gasteiger partial charge in [-0.25, -0.2) is 4.39 Å². The Hall–Kier alpha value is -2.69. The predicted octanol–water partition coefficient (Wildman–Crippen LogP) is 4.74. The third-order valence-electron chi connectivity index (χ3n) is 5.81. The summed E-state index contributed by atoms with van der Waals surface area (Å²) in [4.78, 5) is 25.0. The Morgan fingerprint density at radius 3 is 2.57 bits per heavy atom. The highest BCUT2D eigenvalue weighted by molar-refractivity contribution is 5.95. The van der Waals surface area contributed by atoms with Gasteiger partial charge < -0.3 is 10.1 Å². The number of anilines is 1. The lowest BCUT2D eigenvalue weighted by molar-refractivity contribution is -0.136. The van der Waals surface area contributed by atoms with Crippen LogP contribution in [0.5, 0.6) is 5.75 Å². The van der Waals surface area contributed by atoms with Crippen LogP contribution in [0, 0.1) is 23.6 Å². The minimum absolute atomic E-state index is 0.00685. The number of fused-ring (bicyclic) bond motifs is 2. The van der Waals surface area contributed by atoms with E-state index in [1.165, 1.54) is 12.1 Å². The van der Waals surface area contributed by atoms with Gasteiger partial charge in [0.2, 0.25) is 5.91 Å². The second-order valence-corrected chi connectivity index (χ2v) is 7.83. The molecule has 0 spiro atoms. The molecule has 28 heavy (non-hydrogen) atoms. The molecule has 2 unspecified atom stereocenters. The van der Waals surface area contributed by atoms with Crippen molar-refractivity contribution in [3.05, 3.63) is 59.9 Å². The molecule has 4 rings (SSSR count). The van der Waals surface area contributed by atoms with Gasteiger partial charge in [-0.15, -0.1) is 0 Å². The monoisotopic (exact) mass is 381 g/mol. The second-order valence-electron chi connectivity index (χ2n) is 7.83. The van der Waals surface area contributed by atoms with Crippen LogP contribution in [0.15, 0.2) is 48.5 Å². The van der Waals surface area contributed by atoms with Crippen molar-refractivity contribution in [1.29, 1.82) is 0 Å². The Labute approximate surface area is 164 Å². The number of hydrogen-bond acceptors (Lipinski definition) is 3. The smallest absolute Gasteiger partial charge is 0.227 e. The zero-order valence-electron chi connectivity index (χ0n) is 15.7. The van der Waals surface area contributed by atoms with Crippen molar-refractivity contribution < 1.29 is 18.7 Å². The average molecular weight is 381 g/mol. The number of Topliss-reactive ketones (excluding diaryl/α,β-unsaturated/α-hetero) is 1. The van der Waals surface area contributed by atoms with E-state index in [0.717, 1.165) is 24.8 Å². The van der Waals surface area contributed by atoms with Gasteiger partial charge >= 0.3 is 0 Å². The van der Waals surface area contributed by atoms with Crippen LogP contribution in [-0.4, -0.2) is 11.7 Å². The molecule has 2 aromatic carbocycles. The average Bonchev–Trinajstić information content (AvgIpc) is 2.66. The van der Waals surface area contributed by atoms with Gasteiger partial charge in [-0.3, -0.25) is 9.59 Å². The number of benzene rings is 2. The molecule has 2 fully saturated rings. The van der Waals surface area contributed by atoms with E-state index in [2.05, 4.69) is 5.32 Å². The van der Waals surface area contributed by atoms with Gasteiger partial charge in [0.25, 0.3) is 0 Å². The third kappa shape index (κ3) is 4.24. The molecule has 2 saturated carbocycles. The fraction of sp³-hybridized carbons (Fsp3) is 0.391. The van der Waals surface area contributed by atoms with Crippen molar-refractivity contribution in [2.24, 2.45) is 17.8 Å². The summed E-state index contributed by atoms with van der Waals surface area (Å²) in [6.45, 7) is 0.287. The predicted molar refractivity (Wildman–Crippen MR) is 104 cm³/mol. The van der Waals surface area contributed by atoms with E-state index in [-0.39, 0.29) is 36.1 Å². The lowest BCUT2D eigenvalue weighted by atomic mass is 9.67. The topological polar surface area (TPSA) is 55.4 Å². The zero-order valence-corrected chi connectivity index (χ0v) is 15.7. The van der Waals surface area contributed by atoms with Crippen LogP contribution in [0.25, 0.3) is 0 Å². The molecule has 146 valence electrons. The molecule has 5 heteroatoms. The molecular weight excluding hydrogens is 357 g/mol. The number of carbonyl (C=O) groups is 2. The Balaban J connectivity index is 1.36. The summed E-state index contributed by atoms with van der Waals surface area (Å²) in [6, 6.07) is 13.5. The maximum atomic E-state index is 13.2. The Morgan fingerprint density at radius 1 is 1.07 bits per heavy atom. The molecule has 0 aliphatic heterocycles. The summed E-state index contributed by atoms with van der Waals surface area (Å²) in [7, 11) is 0. The van der Waals surface area contributed by atoms with Crippen LogP contribution in [0.1, 0.15) is 37.7 Å². The van der Waals surface area contributed by atoms with Gasteiger partial charge in [-0.05, 0) is 55.5 Å². The molecule has 2 atom stereocenters. The number of carbonyl (C=O) groups excluding carboxylic acids is 2. The highest BCUT2D eigenvalue weighted by Gasteiger charge is 2.41. The van der Waals surface area contributed by atoms with Gasteiger partial charge in [0, 0.05) is 29.5 Å². The van der Waals surface area contributed by atoms with E-state index in [9.17, 15) is 14.0 Å². The summed E-state index contributed by atoms with van der Waals surface area (Å²) in [5, 5.41) is 3.00. The largest absolute Gasteiger partial charge is 0.489 e. The molecule has 0 radical (unpaired) electrons. The molecular formula is C23H24FNO3. The fourth-order valence-electron chi connectivity index (χ4n) is 4.40. The molecule has 0 aromatic heterocycles. The number of ketones is 1. The first-order valence-electron chi connectivity index (χ1n) is 9.90. The third-order valence-corrected chi connectivity index (χ3v) is 5.81. The normalized spacial score (nSPS) is 23.9. The highest BCUT2D eigenvalue weighted by atomic mass is 19.1. The summed E-state index contributed by atoms with van der Waals surface area (Å²) in [5.41, 5.74) is 1.60. The second kappa shape index (κ2) is 8.13. The van der Waals surface area contributed by atoms with Gasteiger partial charge in [0.05, 0.1) is 0 Å². The van der Waals surface area contributed by atoms with Crippen molar-refractivity contribution in [2.75, 3.05) is 5.32 Å². The van der Waals surface area contributed by atoms with Crippen molar-refractivity contribution in [2.45, 2.75) is 38.7 Å². The van der Waals surface area contributed by atoms with Gasteiger partial charge in [0.15, 0.2) is 0 Å². The van der Waals surface area contributed by atoms with Crippen molar-refractivity contribution in [3.63, 3.8) is 0 Å². The molecule has 2 aromatic rings. The minimum Gasteiger partial charge on any atom is -0.489 e. The Morgan fingerprint density at radius 2 is 1.82 bits per heavy atom. The van der Waals surface area contributed by atoms with E-state index >= 15 is 0 Å². The summed E-state index contributed by atoms with van der Waals surface area (Å²) < 4.78 is 18.9. The van der Waals surface area contributed by atoms with Crippen molar-refractivity contribution in [1.82, 2.24) is 0 Å². The maximum absolute atomic E-state index is 13.2. The Bertz CT molecular complexity index is 866. The molecule has 2 aliphatic carbocycles. The van der Waals surface area contributed by atoms with E-state index < -0.39 is 0 Å². The SMILES string of the molecule is O=C(Nc1cccc(COc2cccc(F)c2)c1)C1CC2CCCC(C1)C2=O.